The summed E-state index contributed by atoms with van der Waals surface area (Å²) < 4.78 is 28.8. The molecule has 0 aliphatic carbocycles. The van der Waals surface area contributed by atoms with Crippen molar-refractivity contribution >= 4 is 25.3 Å². The van der Waals surface area contributed by atoms with Crippen LogP contribution in [-0.4, -0.2) is 50.7 Å². The van der Waals surface area contributed by atoms with Crippen LogP contribution in [0.4, 0.5) is 4.79 Å². The van der Waals surface area contributed by atoms with Crippen LogP contribution in [0, 0.1) is 11.8 Å². The molecule has 2 N–H and O–H groups in total. The summed E-state index contributed by atoms with van der Waals surface area (Å²) in [4.78, 5) is 37.8. The van der Waals surface area contributed by atoms with Crippen LogP contribution in [0.5, 0.6) is 0 Å². The summed E-state index contributed by atoms with van der Waals surface area (Å²) in [5.41, 5.74) is 1.68. The number of methoxy groups -OCH3 is 1. The van der Waals surface area contributed by atoms with Gasteiger partial charge in [-0.15, -0.1) is 0 Å². The molecule has 2 aromatic rings. The van der Waals surface area contributed by atoms with E-state index < -0.39 is 37.3 Å². The van der Waals surface area contributed by atoms with Crippen molar-refractivity contribution in [2.75, 3.05) is 26.7 Å². The summed E-state index contributed by atoms with van der Waals surface area (Å²) in [6.45, 7) is 3.95. The van der Waals surface area contributed by atoms with E-state index >= 15 is 0 Å². The second kappa shape index (κ2) is 15.2. The van der Waals surface area contributed by atoms with Gasteiger partial charge in [0.15, 0.2) is 0 Å². The zero-order valence-corrected chi connectivity index (χ0v) is 22.7. The molecule has 2 amide bonds. The number of ether oxygens (including phenoxy) is 2. The van der Waals surface area contributed by atoms with E-state index in [0.717, 1.165) is 11.1 Å². The molecule has 9 nitrogen and oxygen atoms in total. The normalized spacial score (nSPS) is 14.2. The molecule has 0 aliphatic heterocycles. The second-order valence-corrected chi connectivity index (χ2v) is 11.9. The standard InChI is InChI=1S/C27H37N2O7P/c1-20(2)15-23(25(30)29-24(26(31)34-3)16-21-11-7-5-8-12-21)18-37(33,35-4)19-28-27(32)36-17-22-13-9-6-10-14-22/h5-14,20,23-24H,15-19H2,1-4H3,(H,28,32)(H,29,30)/t23?,24-,37?/m0/s1. The highest BCUT2D eigenvalue weighted by Crippen LogP contribution is 2.47. The SMILES string of the molecule is COC(=O)[C@H](Cc1ccccc1)NC(=O)C(CC(C)C)CP(=O)(CNC(=O)OCc1ccccc1)OC. The lowest BCUT2D eigenvalue weighted by molar-refractivity contribution is -0.145. The number of rotatable bonds is 14. The van der Waals surface area contributed by atoms with Gasteiger partial charge in [-0.25, -0.2) is 9.59 Å². The van der Waals surface area contributed by atoms with Crippen molar-refractivity contribution in [3.05, 3.63) is 71.8 Å². The van der Waals surface area contributed by atoms with Crippen molar-refractivity contribution in [3.63, 3.8) is 0 Å². The van der Waals surface area contributed by atoms with Crippen LogP contribution in [0.3, 0.4) is 0 Å². The molecule has 0 spiro atoms. The minimum absolute atomic E-state index is 0.0681. The Bertz CT molecular complexity index is 1050. The van der Waals surface area contributed by atoms with Crippen molar-refractivity contribution in [2.24, 2.45) is 11.8 Å². The van der Waals surface area contributed by atoms with Gasteiger partial charge in [0.25, 0.3) is 0 Å². The van der Waals surface area contributed by atoms with Crippen LogP contribution in [0.15, 0.2) is 60.7 Å². The first-order valence-corrected chi connectivity index (χ1v) is 14.2. The molecular formula is C27H37N2O7P. The van der Waals surface area contributed by atoms with E-state index in [1.54, 1.807) is 0 Å². The number of amides is 2. The molecule has 2 unspecified atom stereocenters. The van der Waals surface area contributed by atoms with Crippen LogP contribution in [0.1, 0.15) is 31.4 Å². The number of hydrogen-bond acceptors (Lipinski definition) is 7. The second-order valence-electron chi connectivity index (χ2n) is 9.18. The number of alkyl carbamates (subject to hydrolysis) is 1. The van der Waals surface area contributed by atoms with E-state index in [-0.39, 0.29) is 31.4 Å². The van der Waals surface area contributed by atoms with Crippen molar-refractivity contribution in [2.45, 2.75) is 39.3 Å². The van der Waals surface area contributed by atoms with E-state index in [9.17, 15) is 18.9 Å². The number of nitrogens with one attached hydrogen (secondary N) is 2. The first-order valence-electron chi connectivity index (χ1n) is 12.2. The Balaban J connectivity index is 2.04. The predicted molar refractivity (Wildman–Crippen MR) is 141 cm³/mol. The van der Waals surface area contributed by atoms with Crippen molar-refractivity contribution in [3.8, 4) is 0 Å². The van der Waals surface area contributed by atoms with Crippen LogP contribution < -0.4 is 10.6 Å². The van der Waals surface area contributed by atoms with Gasteiger partial charge in [-0.3, -0.25) is 9.36 Å². The average Bonchev–Trinajstić information content (AvgIpc) is 2.90. The molecule has 2 rings (SSSR count). The molecule has 10 heteroatoms. The first kappa shape index (κ1) is 30.1. The van der Waals surface area contributed by atoms with Crippen LogP contribution in [-0.2, 0) is 41.2 Å². The minimum Gasteiger partial charge on any atom is -0.467 e. The molecule has 0 radical (unpaired) electrons. The Labute approximate surface area is 218 Å². The van der Waals surface area contributed by atoms with E-state index in [2.05, 4.69) is 10.6 Å². The largest absolute Gasteiger partial charge is 0.467 e. The summed E-state index contributed by atoms with van der Waals surface area (Å²) in [6, 6.07) is 17.5. The number of hydrogen-bond donors (Lipinski definition) is 2. The Kier molecular flexibility index (Phi) is 12.3. The molecule has 0 aromatic heterocycles. The fraction of sp³-hybridized carbons (Fsp3) is 0.444. The van der Waals surface area contributed by atoms with Gasteiger partial charge >= 0.3 is 12.1 Å². The summed E-state index contributed by atoms with van der Waals surface area (Å²) in [5.74, 6) is -1.60. The van der Waals surface area contributed by atoms with Crippen LogP contribution in [0.2, 0.25) is 0 Å². The Hall–Kier alpha value is -3.16. The summed E-state index contributed by atoms with van der Waals surface area (Å²) in [7, 11) is -0.895. The molecule has 0 aliphatic rings. The minimum atomic E-state index is -3.45. The lowest BCUT2D eigenvalue weighted by Gasteiger charge is -2.26. The quantitative estimate of drug-likeness (QED) is 0.274. The molecule has 0 heterocycles. The van der Waals surface area contributed by atoms with Crippen molar-refractivity contribution in [1.29, 1.82) is 0 Å². The van der Waals surface area contributed by atoms with E-state index in [0.29, 0.717) is 6.42 Å². The molecule has 37 heavy (non-hydrogen) atoms. The van der Waals surface area contributed by atoms with E-state index in [1.165, 1.54) is 14.2 Å². The Morgan fingerprint density at radius 3 is 2.05 bits per heavy atom. The maximum Gasteiger partial charge on any atom is 0.407 e. The topological polar surface area (TPSA) is 120 Å². The van der Waals surface area contributed by atoms with Gasteiger partial charge in [0.2, 0.25) is 13.3 Å². The highest BCUT2D eigenvalue weighted by Gasteiger charge is 2.34. The van der Waals surface area contributed by atoms with E-state index in [1.807, 2.05) is 74.5 Å². The summed E-state index contributed by atoms with van der Waals surface area (Å²) in [6.07, 6.45) is -0.462. The highest BCUT2D eigenvalue weighted by molar-refractivity contribution is 7.59. The van der Waals surface area contributed by atoms with Crippen molar-refractivity contribution in [1.82, 2.24) is 10.6 Å². The number of esters is 1. The molecule has 0 fully saturated rings. The van der Waals surface area contributed by atoms with Crippen LogP contribution in [0.25, 0.3) is 0 Å². The average molecular weight is 533 g/mol. The van der Waals surface area contributed by atoms with Crippen molar-refractivity contribution < 1.29 is 32.9 Å². The third kappa shape index (κ3) is 10.8. The lowest BCUT2D eigenvalue weighted by Crippen LogP contribution is -2.46. The molecule has 0 saturated heterocycles. The summed E-state index contributed by atoms with van der Waals surface area (Å²) >= 11 is 0. The van der Waals surface area contributed by atoms with Crippen LogP contribution >= 0.6 is 7.37 Å². The molecule has 202 valence electrons. The molecule has 2 aromatic carbocycles. The third-order valence-electron chi connectivity index (χ3n) is 5.72. The number of carbonyl (C=O) groups is 3. The lowest BCUT2D eigenvalue weighted by atomic mass is 9.97. The van der Waals surface area contributed by atoms with Gasteiger partial charge in [-0.2, -0.15) is 0 Å². The Morgan fingerprint density at radius 2 is 1.51 bits per heavy atom. The fourth-order valence-corrected chi connectivity index (χ4v) is 5.57. The van der Waals surface area contributed by atoms with Gasteiger partial charge in [0, 0.05) is 25.6 Å². The monoisotopic (exact) mass is 532 g/mol. The fourth-order valence-electron chi connectivity index (χ4n) is 3.81. The maximum absolute atomic E-state index is 13.5. The predicted octanol–water partition coefficient (Wildman–Crippen LogP) is 4.36. The van der Waals surface area contributed by atoms with E-state index in [4.69, 9.17) is 14.0 Å². The molecule has 3 atom stereocenters. The zero-order chi connectivity index (χ0) is 27.3. The molecular weight excluding hydrogens is 495 g/mol. The van der Waals surface area contributed by atoms with Gasteiger partial charge in [0.05, 0.1) is 13.4 Å². The smallest absolute Gasteiger partial charge is 0.407 e. The highest BCUT2D eigenvalue weighted by atomic mass is 31.2. The maximum atomic E-state index is 13.5. The van der Waals surface area contributed by atoms with Gasteiger partial charge in [-0.05, 0) is 23.5 Å². The summed E-state index contributed by atoms with van der Waals surface area (Å²) in [5, 5.41) is 5.26. The third-order valence-corrected chi connectivity index (χ3v) is 8.02. The number of carbonyl (C=O) groups excluding carboxylic acids is 3. The number of benzene rings is 2. The Morgan fingerprint density at radius 1 is 0.919 bits per heavy atom. The zero-order valence-electron chi connectivity index (χ0n) is 21.8. The molecule has 0 saturated carbocycles. The van der Waals surface area contributed by atoms with Gasteiger partial charge < -0.3 is 24.6 Å². The first-order chi connectivity index (χ1) is 17.7. The molecule has 0 bridgehead atoms. The van der Waals surface area contributed by atoms with Gasteiger partial charge in [-0.1, -0.05) is 74.5 Å². The van der Waals surface area contributed by atoms with Gasteiger partial charge in [0.1, 0.15) is 12.6 Å².